The predicted octanol–water partition coefficient (Wildman–Crippen LogP) is 3.19. The molecule has 0 aliphatic carbocycles. The minimum atomic E-state index is -0.883. The summed E-state index contributed by atoms with van der Waals surface area (Å²) in [6.07, 6.45) is 2.37. The minimum Gasteiger partial charge on any atom is -0.480 e. The number of rotatable bonds is 6. The number of oxazole rings is 1. The maximum absolute atomic E-state index is 11.1. The van der Waals surface area contributed by atoms with Gasteiger partial charge in [0.25, 0.3) is 6.01 Å². The van der Waals surface area contributed by atoms with E-state index in [9.17, 15) is 4.79 Å². The number of nitrogens with one attached hydrogen (secondary N) is 1. The first-order chi connectivity index (χ1) is 9.10. The third-order valence-corrected chi connectivity index (χ3v) is 2.99. The lowest BCUT2D eigenvalue weighted by Gasteiger charge is -2.11. The quantitative estimate of drug-likeness (QED) is 0.836. The number of aryl methyl sites for hydroxylation is 1. The van der Waals surface area contributed by atoms with Crippen LogP contribution in [-0.2, 0) is 4.79 Å². The number of carboxylic acids is 1. The molecule has 5 nitrogen and oxygen atoms in total. The molecule has 0 amide bonds. The molecule has 0 spiro atoms. The van der Waals surface area contributed by atoms with Gasteiger partial charge in [0.15, 0.2) is 5.58 Å². The Kier molecular flexibility index (Phi) is 4.04. The summed E-state index contributed by atoms with van der Waals surface area (Å²) in [5.41, 5.74) is 2.49. The van der Waals surface area contributed by atoms with E-state index < -0.39 is 12.0 Å². The first-order valence-corrected chi connectivity index (χ1v) is 6.46. The van der Waals surface area contributed by atoms with Gasteiger partial charge in [-0.25, -0.2) is 4.79 Å². The molecule has 5 heteroatoms. The molecule has 0 aliphatic heterocycles. The zero-order chi connectivity index (χ0) is 13.8. The number of fused-ring (bicyclic) bond motifs is 1. The zero-order valence-corrected chi connectivity index (χ0v) is 11.1. The van der Waals surface area contributed by atoms with Gasteiger partial charge >= 0.3 is 5.97 Å². The van der Waals surface area contributed by atoms with E-state index in [1.807, 2.05) is 32.0 Å². The van der Waals surface area contributed by atoms with Gasteiger partial charge in [0.1, 0.15) is 11.6 Å². The number of anilines is 1. The van der Waals surface area contributed by atoms with E-state index >= 15 is 0 Å². The summed E-state index contributed by atoms with van der Waals surface area (Å²) in [6, 6.07) is 5.29. The van der Waals surface area contributed by atoms with Crippen molar-refractivity contribution >= 4 is 23.1 Å². The number of hydrogen-bond donors (Lipinski definition) is 2. The fraction of sp³-hybridized carbons (Fsp3) is 0.429. The van der Waals surface area contributed by atoms with Crippen LogP contribution in [0.25, 0.3) is 11.1 Å². The Bertz CT molecular complexity index is 577. The van der Waals surface area contributed by atoms with Gasteiger partial charge in [0.2, 0.25) is 0 Å². The zero-order valence-electron chi connectivity index (χ0n) is 11.1. The van der Waals surface area contributed by atoms with Crippen LogP contribution in [0, 0.1) is 6.92 Å². The Balaban J connectivity index is 2.16. The van der Waals surface area contributed by atoms with Crippen LogP contribution < -0.4 is 5.32 Å². The number of aliphatic carboxylic acids is 1. The number of hydrogen-bond acceptors (Lipinski definition) is 4. The van der Waals surface area contributed by atoms with Crippen molar-refractivity contribution in [2.75, 3.05) is 5.32 Å². The van der Waals surface area contributed by atoms with Crippen LogP contribution >= 0.6 is 0 Å². The van der Waals surface area contributed by atoms with Gasteiger partial charge in [0.05, 0.1) is 0 Å². The summed E-state index contributed by atoms with van der Waals surface area (Å²) in [4.78, 5) is 15.4. The van der Waals surface area contributed by atoms with Crippen LogP contribution in [0.5, 0.6) is 0 Å². The van der Waals surface area contributed by atoms with E-state index in [4.69, 9.17) is 9.52 Å². The van der Waals surface area contributed by atoms with Crippen LogP contribution in [-0.4, -0.2) is 22.1 Å². The fourth-order valence-corrected chi connectivity index (χ4v) is 1.91. The number of unbranched alkanes of at least 4 members (excludes halogenated alkanes) is 1. The second kappa shape index (κ2) is 5.73. The average molecular weight is 262 g/mol. The summed E-state index contributed by atoms with van der Waals surface area (Å²) in [7, 11) is 0. The lowest BCUT2D eigenvalue weighted by atomic mass is 10.1. The van der Waals surface area contributed by atoms with Gasteiger partial charge in [0, 0.05) is 0 Å². The summed E-state index contributed by atoms with van der Waals surface area (Å²) in [6.45, 7) is 4.00. The molecule has 19 heavy (non-hydrogen) atoms. The number of aromatic nitrogens is 1. The van der Waals surface area contributed by atoms with E-state index in [2.05, 4.69) is 10.3 Å². The van der Waals surface area contributed by atoms with E-state index in [-0.39, 0.29) is 6.01 Å². The molecule has 1 unspecified atom stereocenters. The molecule has 0 radical (unpaired) electrons. The van der Waals surface area contributed by atoms with Gasteiger partial charge in [-0.15, -0.1) is 0 Å². The highest BCUT2D eigenvalue weighted by molar-refractivity contribution is 5.78. The summed E-state index contributed by atoms with van der Waals surface area (Å²) < 4.78 is 5.50. The van der Waals surface area contributed by atoms with Gasteiger partial charge < -0.3 is 14.8 Å². The Hall–Kier alpha value is -2.04. The largest absolute Gasteiger partial charge is 0.480 e. The molecule has 0 aliphatic rings. The monoisotopic (exact) mass is 262 g/mol. The summed E-state index contributed by atoms with van der Waals surface area (Å²) in [5.74, 6) is -0.883. The highest BCUT2D eigenvalue weighted by Crippen LogP contribution is 2.21. The maximum Gasteiger partial charge on any atom is 0.326 e. The first-order valence-electron chi connectivity index (χ1n) is 6.46. The summed E-state index contributed by atoms with van der Waals surface area (Å²) >= 11 is 0. The highest BCUT2D eigenvalue weighted by Gasteiger charge is 2.19. The van der Waals surface area contributed by atoms with Crippen molar-refractivity contribution in [1.82, 2.24) is 4.98 Å². The predicted molar refractivity (Wildman–Crippen MR) is 73.3 cm³/mol. The topological polar surface area (TPSA) is 75.4 Å². The second-order valence-electron chi connectivity index (χ2n) is 4.67. The van der Waals surface area contributed by atoms with Crippen LogP contribution in [0.2, 0.25) is 0 Å². The van der Waals surface area contributed by atoms with Gasteiger partial charge in [-0.1, -0.05) is 25.8 Å². The third-order valence-electron chi connectivity index (χ3n) is 2.99. The Morgan fingerprint density at radius 2 is 2.32 bits per heavy atom. The van der Waals surface area contributed by atoms with Crippen molar-refractivity contribution in [2.24, 2.45) is 0 Å². The highest BCUT2D eigenvalue weighted by atomic mass is 16.4. The van der Waals surface area contributed by atoms with Crippen LogP contribution in [0.4, 0.5) is 6.01 Å². The fourth-order valence-electron chi connectivity index (χ4n) is 1.91. The molecule has 0 saturated heterocycles. The average Bonchev–Trinajstić information content (AvgIpc) is 2.75. The van der Waals surface area contributed by atoms with Crippen molar-refractivity contribution in [3.63, 3.8) is 0 Å². The second-order valence-corrected chi connectivity index (χ2v) is 4.67. The Morgan fingerprint density at radius 1 is 1.53 bits per heavy atom. The molecule has 102 valence electrons. The Morgan fingerprint density at radius 3 is 3.00 bits per heavy atom. The third kappa shape index (κ3) is 3.24. The van der Waals surface area contributed by atoms with Gasteiger partial charge in [-0.05, 0) is 31.0 Å². The SMILES string of the molecule is CCCCC(Nc1nc2cc(C)ccc2o1)C(=O)O. The molecule has 2 rings (SSSR count). The van der Waals surface area contributed by atoms with Crippen molar-refractivity contribution in [3.05, 3.63) is 23.8 Å². The lowest BCUT2D eigenvalue weighted by Crippen LogP contribution is -2.29. The van der Waals surface area contributed by atoms with Crippen LogP contribution in [0.3, 0.4) is 0 Å². The molecule has 2 aromatic rings. The minimum absolute atomic E-state index is 0.268. The molecule has 0 saturated carbocycles. The normalized spacial score (nSPS) is 12.5. The van der Waals surface area contributed by atoms with Crippen molar-refractivity contribution in [3.8, 4) is 0 Å². The van der Waals surface area contributed by atoms with E-state index in [1.165, 1.54) is 0 Å². The molecule has 0 fully saturated rings. The number of carbonyl (C=O) groups is 1. The van der Waals surface area contributed by atoms with Crippen molar-refractivity contribution in [1.29, 1.82) is 0 Å². The summed E-state index contributed by atoms with van der Waals surface area (Å²) in [5, 5.41) is 12.0. The van der Waals surface area contributed by atoms with Gasteiger partial charge in [-0.3, -0.25) is 0 Å². The van der Waals surface area contributed by atoms with Crippen molar-refractivity contribution in [2.45, 2.75) is 39.2 Å². The molecule has 1 heterocycles. The van der Waals surface area contributed by atoms with Crippen LogP contribution in [0.15, 0.2) is 22.6 Å². The maximum atomic E-state index is 11.1. The van der Waals surface area contributed by atoms with Crippen molar-refractivity contribution < 1.29 is 14.3 Å². The molecule has 0 bridgehead atoms. The van der Waals surface area contributed by atoms with Crippen LogP contribution in [0.1, 0.15) is 31.7 Å². The molecule has 1 atom stereocenters. The number of benzene rings is 1. The first kappa shape index (κ1) is 13.4. The molecular formula is C14H18N2O3. The lowest BCUT2D eigenvalue weighted by molar-refractivity contribution is -0.138. The number of carboxylic acid groups (broad SMARTS) is 1. The molecule has 1 aromatic carbocycles. The van der Waals surface area contributed by atoms with E-state index in [1.54, 1.807) is 0 Å². The van der Waals surface area contributed by atoms with Gasteiger partial charge in [-0.2, -0.15) is 4.98 Å². The van der Waals surface area contributed by atoms with E-state index in [0.29, 0.717) is 12.0 Å². The Labute approximate surface area is 111 Å². The van der Waals surface area contributed by atoms with E-state index in [0.717, 1.165) is 23.9 Å². The standard InChI is InChI=1S/C14H18N2O3/c1-3-4-5-10(13(17)18)15-14-16-11-8-9(2)6-7-12(11)19-14/h6-8,10H,3-5H2,1-2H3,(H,15,16)(H,17,18). The smallest absolute Gasteiger partial charge is 0.326 e. The number of nitrogens with zero attached hydrogens (tertiary/aromatic N) is 1. The molecular weight excluding hydrogens is 244 g/mol. The molecule has 1 aromatic heterocycles. The molecule has 2 N–H and O–H groups in total.